The van der Waals surface area contributed by atoms with E-state index < -0.39 is 0 Å². The lowest BCUT2D eigenvalue weighted by atomic mass is 9.89. The molecule has 1 aliphatic carbocycles. The van der Waals surface area contributed by atoms with Gasteiger partial charge in [-0.05, 0) is 62.9 Å². The summed E-state index contributed by atoms with van der Waals surface area (Å²) in [7, 11) is 2.21. The third kappa shape index (κ3) is 5.49. The fourth-order valence-electron chi connectivity index (χ4n) is 6.24. The molecule has 2 aliphatic rings. The monoisotopic (exact) mass is 527 g/mol. The predicted octanol–water partition coefficient (Wildman–Crippen LogP) is 5.21. The number of nitrogens with one attached hydrogen (secondary N) is 1. The summed E-state index contributed by atoms with van der Waals surface area (Å²) in [5.41, 5.74) is 10.5. The first-order valence-corrected chi connectivity index (χ1v) is 14.2. The van der Waals surface area contributed by atoms with Crippen LogP contribution in [0.1, 0.15) is 37.3 Å². The van der Waals surface area contributed by atoms with E-state index in [0.29, 0.717) is 35.8 Å². The van der Waals surface area contributed by atoms with Crippen LogP contribution < -0.4 is 11.1 Å². The number of hydrogen-bond donors (Lipinski definition) is 2. The van der Waals surface area contributed by atoms with E-state index >= 15 is 4.39 Å². The van der Waals surface area contributed by atoms with E-state index in [9.17, 15) is 0 Å². The second-order valence-electron chi connectivity index (χ2n) is 11.0. The number of halogens is 1. The Morgan fingerprint density at radius 2 is 1.69 bits per heavy atom. The topological polar surface area (TPSA) is 75.2 Å². The lowest BCUT2D eigenvalue weighted by Gasteiger charge is -2.41. The number of benzene rings is 2. The minimum absolute atomic E-state index is 0.293. The molecular formula is C31H38FN7. The van der Waals surface area contributed by atoms with Crippen molar-refractivity contribution < 1.29 is 4.39 Å². The van der Waals surface area contributed by atoms with E-state index in [0.717, 1.165) is 61.9 Å². The average Bonchev–Trinajstić information content (AvgIpc) is 3.36. The van der Waals surface area contributed by atoms with Crippen molar-refractivity contribution in [3.63, 3.8) is 0 Å². The van der Waals surface area contributed by atoms with Crippen molar-refractivity contribution in [2.45, 2.75) is 44.2 Å². The van der Waals surface area contributed by atoms with Crippen molar-refractivity contribution in [1.29, 1.82) is 0 Å². The zero-order chi connectivity index (χ0) is 26.8. The van der Waals surface area contributed by atoms with Crippen LogP contribution in [0.4, 0.5) is 15.9 Å². The van der Waals surface area contributed by atoms with Gasteiger partial charge >= 0.3 is 0 Å². The summed E-state index contributed by atoms with van der Waals surface area (Å²) >= 11 is 0. The first kappa shape index (κ1) is 25.8. The number of nitrogen functional groups attached to an aromatic ring is 1. The zero-order valence-corrected chi connectivity index (χ0v) is 22.7. The standard InChI is InChI=1S/C31H38FN7/c1-37-17-19-38(20-18-37)24-8-10-25(11-9-24)39-28-14-16-35-31(33)29(28)30(36-39)23-7-12-27(26(32)21-23)34-15-13-22-5-3-2-4-6-22/h2-7,12,14,16,21,24-25,34H,8-11,13,15,17-20H2,1H3,(H2,33,35). The lowest BCUT2D eigenvalue weighted by Crippen LogP contribution is -2.49. The SMILES string of the molecule is CN1CCN(C2CCC(n3nc(-c4ccc(NCCc5ccccc5)c(F)c4)c4c(N)nccc43)CC2)CC1. The molecule has 1 saturated carbocycles. The fourth-order valence-corrected chi connectivity index (χ4v) is 6.24. The molecule has 2 fully saturated rings. The first-order valence-electron chi connectivity index (χ1n) is 14.2. The van der Waals surface area contributed by atoms with Gasteiger partial charge < -0.3 is 16.0 Å². The van der Waals surface area contributed by atoms with Crippen LogP contribution in [-0.2, 0) is 6.42 Å². The van der Waals surface area contributed by atoms with E-state index in [1.807, 2.05) is 30.3 Å². The molecule has 4 aromatic rings. The minimum atomic E-state index is -0.293. The van der Waals surface area contributed by atoms with Crippen molar-refractivity contribution >= 4 is 22.4 Å². The molecule has 3 heterocycles. The molecule has 1 saturated heterocycles. The lowest BCUT2D eigenvalue weighted by molar-refractivity contribution is 0.0816. The number of fused-ring (bicyclic) bond motifs is 1. The van der Waals surface area contributed by atoms with Gasteiger partial charge in [0.05, 0.1) is 22.6 Å². The van der Waals surface area contributed by atoms with Crippen molar-refractivity contribution in [3.05, 3.63) is 72.2 Å². The van der Waals surface area contributed by atoms with Crippen LogP contribution >= 0.6 is 0 Å². The van der Waals surface area contributed by atoms with Crippen molar-refractivity contribution in [2.75, 3.05) is 50.8 Å². The Morgan fingerprint density at radius 1 is 0.949 bits per heavy atom. The van der Waals surface area contributed by atoms with Crippen LogP contribution in [0.2, 0.25) is 0 Å². The number of piperazine rings is 1. The van der Waals surface area contributed by atoms with Crippen LogP contribution in [0, 0.1) is 5.82 Å². The number of anilines is 2. The van der Waals surface area contributed by atoms with E-state index in [2.05, 4.69) is 44.0 Å². The Balaban J connectivity index is 1.20. The molecule has 0 amide bonds. The molecule has 0 unspecified atom stereocenters. The molecule has 1 aliphatic heterocycles. The third-order valence-corrected chi connectivity index (χ3v) is 8.53. The second kappa shape index (κ2) is 11.3. The predicted molar refractivity (Wildman–Crippen MR) is 156 cm³/mol. The summed E-state index contributed by atoms with van der Waals surface area (Å²) in [6.45, 7) is 5.27. The van der Waals surface area contributed by atoms with Crippen LogP contribution in [0.15, 0.2) is 60.8 Å². The number of rotatable bonds is 7. The first-order chi connectivity index (χ1) is 19.1. The minimum Gasteiger partial charge on any atom is -0.383 e. The Morgan fingerprint density at radius 3 is 2.44 bits per heavy atom. The summed E-state index contributed by atoms with van der Waals surface area (Å²) in [5, 5.41) is 9.10. The average molecular weight is 528 g/mol. The van der Waals surface area contributed by atoms with Gasteiger partial charge in [-0.1, -0.05) is 36.4 Å². The van der Waals surface area contributed by atoms with Gasteiger partial charge in [0.1, 0.15) is 17.3 Å². The molecule has 2 aromatic carbocycles. The molecule has 0 atom stereocenters. The van der Waals surface area contributed by atoms with Crippen LogP contribution in [-0.4, -0.2) is 70.4 Å². The number of nitrogens with zero attached hydrogens (tertiary/aromatic N) is 5. The normalized spacial score (nSPS) is 20.9. The summed E-state index contributed by atoms with van der Waals surface area (Å²) in [6, 6.07) is 18.4. The Kier molecular flexibility index (Phi) is 7.48. The van der Waals surface area contributed by atoms with Gasteiger partial charge in [0.15, 0.2) is 0 Å². The maximum atomic E-state index is 15.2. The van der Waals surface area contributed by atoms with Crippen LogP contribution in [0.3, 0.4) is 0 Å². The highest BCUT2D eigenvalue weighted by Gasteiger charge is 2.30. The number of nitrogens with two attached hydrogens (primary N) is 1. The summed E-state index contributed by atoms with van der Waals surface area (Å²) in [6.07, 6.45) is 7.07. The van der Waals surface area contributed by atoms with Gasteiger partial charge in [0, 0.05) is 50.5 Å². The van der Waals surface area contributed by atoms with Crippen LogP contribution in [0.25, 0.3) is 22.2 Å². The van der Waals surface area contributed by atoms with Crippen molar-refractivity contribution in [3.8, 4) is 11.3 Å². The van der Waals surface area contributed by atoms with E-state index in [-0.39, 0.29) is 5.82 Å². The number of aromatic nitrogens is 3. The molecule has 3 N–H and O–H groups in total. The fraction of sp³-hybridized carbons (Fsp3) is 0.419. The highest BCUT2D eigenvalue weighted by Crippen LogP contribution is 2.38. The molecule has 39 heavy (non-hydrogen) atoms. The van der Waals surface area contributed by atoms with E-state index in [1.54, 1.807) is 18.3 Å². The number of likely N-dealkylation sites (N-methyl/N-ethyl adjacent to an activating group) is 1. The van der Waals surface area contributed by atoms with Crippen molar-refractivity contribution in [2.24, 2.45) is 0 Å². The summed E-state index contributed by atoms with van der Waals surface area (Å²) in [4.78, 5) is 9.43. The molecule has 204 valence electrons. The van der Waals surface area contributed by atoms with Gasteiger partial charge in [0.2, 0.25) is 0 Å². The van der Waals surface area contributed by atoms with Crippen molar-refractivity contribution in [1.82, 2.24) is 24.6 Å². The Labute approximate surface area is 229 Å². The number of hydrogen-bond acceptors (Lipinski definition) is 6. The molecule has 2 aromatic heterocycles. The Hall–Kier alpha value is -3.49. The highest BCUT2D eigenvalue weighted by atomic mass is 19.1. The molecular weight excluding hydrogens is 489 g/mol. The van der Waals surface area contributed by atoms with Gasteiger partial charge in [-0.2, -0.15) is 5.10 Å². The molecule has 0 bridgehead atoms. The molecule has 6 rings (SSSR count). The molecule has 8 heteroatoms. The smallest absolute Gasteiger partial charge is 0.146 e. The van der Waals surface area contributed by atoms with Crippen LogP contribution in [0.5, 0.6) is 0 Å². The van der Waals surface area contributed by atoms with Gasteiger partial charge in [-0.3, -0.25) is 9.58 Å². The largest absolute Gasteiger partial charge is 0.383 e. The van der Waals surface area contributed by atoms with E-state index in [4.69, 9.17) is 10.8 Å². The molecule has 0 spiro atoms. The zero-order valence-electron chi connectivity index (χ0n) is 22.7. The maximum absolute atomic E-state index is 15.2. The van der Waals surface area contributed by atoms with E-state index in [1.165, 1.54) is 18.4 Å². The maximum Gasteiger partial charge on any atom is 0.146 e. The number of pyridine rings is 1. The van der Waals surface area contributed by atoms with Gasteiger partial charge in [-0.25, -0.2) is 9.37 Å². The summed E-state index contributed by atoms with van der Waals surface area (Å²) < 4.78 is 17.3. The Bertz CT molecular complexity index is 1400. The second-order valence-corrected chi connectivity index (χ2v) is 11.0. The third-order valence-electron chi connectivity index (χ3n) is 8.53. The van der Waals surface area contributed by atoms with Gasteiger partial charge in [0.25, 0.3) is 0 Å². The quantitative estimate of drug-likeness (QED) is 0.344. The highest BCUT2D eigenvalue weighted by molar-refractivity contribution is 6.00. The molecule has 0 radical (unpaired) electrons. The summed E-state index contributed by atoms with van der Waals surface area (Å²) in [5.74, 6) is 0.142. The van der Waals surface area contributed by atoms with Gasteiger partial charge in [-0.15, -0.1) is 0 Å². The molecule has 7 nitrogen and oxygen atoms in total.